The normalized spacial score (nSPS) is 10.3. The molecule has 0 spiro atoms. The average Bonchev–Trinajstić information content (AvgIpc) is 2.34. The first-order valence-electron chi connectivity index (χ1n) is 5.46. The minimum atomic E-state index is -1.08. The summed E-state index contributed by atoms with van der Waals surface area (Å²) < 4.78 is 27.1. The lowest BCUT2D eigenvalue weighted by Crippen LogP contribution is -2.17. The monoisotopic (exact) mass is 263 g/mol. The molecule has 0 aliphatic rings. The molecule has 19 heavy (non-hydrogen) atoms. The summed E-state index contributed by atoms with van der Waals surface area (Å²) in [4.78, 5) is 15.7. The largest absolute Gasteiger partial charge is 0.396 e. The number of benzene rings is 1. The van der Waals surface area contributed by atoms with Crippen molar-refractivity contribution in [1.82, 2.24) is 4.98 Å². The molecule has 0 radical (unpaired) electrons. The van der Waals surface area contributed by atoms with E-state index >= 15 is 0 Å². The van der Waals surface area contributed by atoms with Crippen molar-refractivity contribution in [3.63, 3.8) is 0 Å². The molecule has 0 fully saturated rings. The molecule has 0 saturated heterocycles. The number of pyridine rings is 1. The van der Waals surface area contributed by atoms with Crippen LogP contribution in [-0.4, -0.2) is 10.9 Å². The molecule has 1 heterocycles. The molecule has 0 aliphatic heterocycles. The Hall–Kier alpha value is -2.50. The molecule has 0 saturated carbocycles. The number of halogens is 2. The molecule has 3 N–H and O–H groups in total. The summed E-state index contributed by atoms with van der Waals surface area (Å²) in [5.74, 6) is -2.77. The second kappa shape index (κ2) is 5.01. The van der Waals surface area contributed by atoms with Crippen LogP contribution in [0.25, 0.3) is 0 Å². The van der Waals surface area contributed by atoms with Gasteiger partial charge in [0.25, 0.3) is 5.91 Å². The Morgan fingerprint density at radius 1 is 1.32 bits per heavy atom. The number of nitrogen functional groups attached to an aromatic ring is 1. The van der Waals surface area contributed by atoms with E-state index in [0.717, 1.165) is 17.7 Å². The number of rotatable bonds is 2. The van der Waals surface area contributed by atoms with Crippen molar-refractivity contribution in [1.29, 1.82) is 0 Å². The molecular weight excluding hydrogens is 252 g/mol. The van der Waals surface area contributed by atoms with E-state index in [1.165, 1.54) is 6.20 Å². The highest BCUT2D eigenvalue weighted by Crippen LogP contribution is 2.19. The Morgan fingerprint density at radius 3 is 2.74 bits per heavy atom. The quantitative estimate of drug-likeness (QED) is 0.818. The number of nitrogens with one attached hydrogen (secondary N) is 1. The third-order valence-corrected chi connectivity index (χ3v) is 2.51. The second-order valence-corrected chi connectivity index (χ2v) is 4.00. The maximum Gasteiger partial charge on any atom is 0.262 e. The van der Waals surface area contributed by atoms with Crippen LogP contribution >= 0.6 is 0 Å². The third kappa shape index (κ3) is 2.67. The number of aryl methyl sites for hydroxylation is 1. The van der Waals surface area contributed by atoms with Crippen molar-refractivity contribution in [3.8, 4) is 0 Å². The van der Waals surface area contributed by atoms with Gasteiger partial charge in [0, 0.05) is 6.20 Å². The lowest BCUT2D eigenvalue weighted by atomic mass is 10.1. The van der Waals surface area contributed by atoms with Crippen molar-refractivity contribution in [3.05, 3.63) is 53.2 Å². The van der Waals surface area contributed by atoms with E-state index in [9.17, 15) is 13.6 Å². The van der Waals surface area contributed by atoms with E-state index in [0.29, 0.717) is 0 Å². The summed E-state index contributed by atoms with van der Waals surface area (Å²) in [7, 11) is 0. The molecular formula is C13H11F2N3O. The summed E-state index contributed by atoms with van der Waals surface area (Å²) in [6.45, 7) is 1.80. The number of hydrogen-bond acceptors (Lipinski definition) is 3. The van der Waals surface area contributed by atoms with Gasteiger partial charge in [-0.05, 0) is 36.8 Å². The Kier molecular flexibility index (Phi) is 3.41. The minimum absolute atomic E-state index is 0.214. The molecule has 4 nitrogen and oxygen atoms in total. The van der Waals surface area contributed by atoms with Gasteiger partial charge in [-0.25, -0.2) is 13.8 Å². The fourth-order valence-corrected chi connectivity index (χ4v) is 1.56. The number of amides is 1. The highest BCUT2D eigenvalue weighted by molar-refractivity contribution is 6.04. The number of carbonyl (C=O) groups is 1. The fourth-order valence-electron chi connectivity index (χ4n) is 1.56. The van der Waals surface area contributed by atoms with Gasteiger partial charge in [0.2, 0.25) is 0 Å². The van der Waals surface area contributed by atoms with Gasteiger partial charge in [-0.2, -0.15) is 0 Å². The fraction of sp³-hybridized carbons (Fsp3) is 0.0769. The van der Waals surface area contributed by atoms with E-state index in [1.807, 2.05) is 0 Å². The molecule has 0 bridgehead atoms. The number of aromatic nitrogens is 1. The molecule has 1 aromatic heterocycles. The minimum Gasteiger partial charge on any atom is -0.396 e. The van der Waals surface area contributed by atoms with Crippen molar-refractivity contribution >= 4 is 17.4 Å². The molecule has 0 atom stereocenters. The van der Waals surface area contributed by atoms with E-state index < -0.39 is 23.1 Å². The first-order chi connectivity index (χ1) is 8.99. The molecule has 1 amide bonds. The average molecular weight is 263 g/mol. The smallest absolute Gasteiger partial charge is 0.262 e. The van der Waals surface area contributed by atoms with Crippen LogP contribution in [0.5, 0.6) is 0 Å². The first-order valence-corrected chi connectivity index (χ1v) is 5.46. The Labute approximate surface area is 108 Å². The van der Waals surface area contributed by atoms with Crippen molar-refractivity contribution < 1.29 is 13.6 Å². The van der Waals surface area contributed by atoms with Crippen LogP contribution in [0.1, 0.15) is 15.9 Å². The zero-order valence-corrected chi connectivity index (χ0v) is 10.1. The van der Waals surface area contributed by atoms with Crippen LogP contribution in [0, 0.1) is 18.6 Å². The molecule has 2 aromatic rings. The Bertz CT molecular complexity index is 644. The summed E-state index contributed by atoms with van der Waals surface area (Å²) >= 11 is 0. The maximum atomic E-state index is 13.6. The summed E-state index contributed by atoms with van der Waals surface area (Å²) in [6.07, 6.45) is 1.48. The van der Waals surface area contributed by atoms with E-state index in [4.69, 9.17) is 5.73 Å². The Balaban J connectivity index is 2.33. The standard InChI is InChI=1S/C13H11F2N3O/c1-7-4-5-17-10(6-7)18-13(19)11-8(14)2-3-9(16)12(11)15/h2-6H,16H2,1H3,(H,17,18,19). The van der Waals surface area contributed by atoms with Crippen LogP contribution in [0.4, 0.5) is 20.3 Å². The Morgan fingerprint density at radius 2 is 2.05 bits per heavy atom. The highest BCUT2D eigenvalue weighted by atomic mass is 19.1. The van der Waals surface area contributed by atoms with Gasteiger partial charge in [0.1, 0.15) is 17.2 Å². The van der Waals surface area contributed by atoms with Gasteiger partial charge in [-0.1, -0.05) is 0 Å². The lowest BCUT2D eigenvalue weighted by molar-refractivity contribution is 0.101. The third-order valence-electron chi connectivity index (χ3n) is 2.51. The van der Waals surface area contributed by atoms with Gasteiger partial charge in [0.05, 0.1) is 5.69 Å². The van der Waals surface area contributed by atoms with Crippen LogP contribution in [0.2, 0.25) is 0 Å². The van der Waals surface area contributed by atoms with Crippen molar-refractivity contribution in [2.45, 2.75) is 6.92 Å². The van der Waals surface area contributed by atoms with Gasteiger partial charge in [-0.3, -0.25) is 4.79 Å². The van der Waals surface area contributed by atoms with E-state index in [-0.39, 0.29) is 11.5 Å². The van der Waals surface area contributed by atoms with Crippen LogP contribution in [-0.2, 0) is 0 Å². The molecule has 1 aromatic carbocycles. The van der Waals surface area contributed by atoms with E-state index in [2.05, 4.69) is 10.3 Å². The zero-order valence-electron chi connectivity index (χ0n) is 10.1. The van der Waals surface area contributed by atoms with Crippen LogP contribution < -0.4 is 11.1 Å². The predicted octanol–water partition coefficient (Wildman–Crippen LogP) is 2.50. The van der Waals surface area contributed by atoms with Crippen molar-refractivity contribution in [2.24, 2.45) is 0 Å². The molecule has 0 unspecified atom stereocenters. The highest BCUT2D eigenvalue weighted by Gasteiger charge is 2.19. The van der Waals surface area contributed by atoms with Crippen LogP contribution in [0.3, 0.4) is 0 Å². The molecule has 6 heteroatoms. The lowest BCUT2D eigenvalue weighted by Gasteiger charge is -2.08. The number of nitrogens with two attached hydrogens (primary N) is 1. The molecule has 0 aliphatic carbocycles. The summed E-state index contributed by atoms with van der Waals surface area (Å²) in [6, 6.07) is 5.32. The predicted molar refractivity (Wildman–Crippen MR) is 67.7 cm³/mol. The van der Waals surface area contributed by atoms with Gasteiger partial charge < -0.3 is 11.1 Å². The van der Waals surface area contributed by atoms with Crippen LogP contribution in [0.15, 0.2) is 30.5 Å². The SMILES string of the molecule is Cc1ccnc(NC(=O)c2c(F)ccc(N)c2F)c1. The first kappa shape index (κ1) is 12.9. The molecule has 2 rings (SSSR count). The second-order valence-electron chi connectivity index (χ2n) is 4.00. The number of anilines is 2. The number of hydrogen-bond donors (Lipinski definition) is 2. The topological polar surface area (TPSA) is 68.0 Å². The molecule has 98 valence electrons. The van der Waals surface area contributed by atoms with Crippen molar-refractivity contribution in [2.75, 3.05) is 11.1 Å². The zero-order chi connectivity index (χ0) is 14.0. The van der Waals surface area contributed by atoms with Gasteiger partial charge in [-0.15, -0.1) is 0 Å². The van der Waals surface area contributed by atoms with Gasteiger partial charge in [0.15, 0.2) is 5.82 Å². The summed E-state index contributed by atoms with van der Waals surface area (Å²) in [5, 5.41) is 2.32. The maximum absolute atomic E-state index is 13.6. The number of nitrogens with zero attached hydrogens (tertiary/aromatic N) is 1. The van der Waals surface area contributed by atoms with Gasteiger partial charge >= 0.3 is 0 Å². The van der Waals surface area contributed by atoms with E-state index in [1.54, 1.807) is 19.1 Å². The summed E-state index contributed by atoms with van der Waals surface area (Å²) in [5.41, 5.74) is 5.16. The number of carbonyl (C=O) groups excluding carboxylic acids is 1.